The van der Waals surface area contributed by atoms with Crippen LogP contribution in [-0.4, -0.2) is 20.9 Å². The predicted octanol–water partition coefficient (Wildman–Crippen LogP) is 3.77. The van der Waals surface area contributed by atoms with E-state index in [1.54, 1.807) is 45.9 Å². The first-order valence-corrected chi connectivity index (χ1v) is 10.2. The molecule has 6 nitrogen and oxygen atoms in total. The van der Waals surface area contributed by atoms with Crippen LogP contribution in [0.4, 0.5) is 11.4 Å². The number of rotatable bonds is 3. The van der Waals surface area contributed by atoms with Crippen LogP contribution >= 0.6 is 0 Å². The first-order valence-electron chi connectivity index (χ1n) is 8.68. The lowest BCUT2D eigenvalue weighted by Crippen LogP contribution is -2.33. The van der Waals surface area contributed by atoms with Crippen molar-refractivity contribution >= 4 is 27.3 Å². The normalized spacial score (nSPS) is 16.0. The molecule has 7 heteroatoms. The van der Waals surface area contributed by atoms with Gasteiger partial charge in [0.2, 0.25) is 5.91 Å². The molecule has 0 radical (unpaired) electrons. The highest BCUT2D eigenvalue weighted by Crippen LogP contribution is 2.35. The van der Waals surface area contributed by atoms with Crippen molar-refractivity contribution in [3.63, 3.8) is 0 Å². The van der Waals surface area contributed by atoms with Gasteiger partial charge in [0, 0.05) is 0 Å². The Hall–Kier alpha value is -2.54. The van der Waals surface area contributed by atoms with Crippen molar-refractivity contribution in [2.24, 2.45) is 5.41 Å². The summed E-state index contributed by atoms with van der Waals surface area (Å²) in [6, 6.07) is 8.54. The van der Waals surface area contributed by atoms with E-state index in [2.05, 4.69) is 10.0 Å². The molecule has 0 bridgehead atoms. The van der Waals surface area contributed by atoms with Gasteiger partial charge in [-0.25, -0.2) is 8.42 Å². The van der Waals surface area contributed by atoms with Crippen LogP contribution < -0.4 is 14.8 Å². The zero-order valence-corrected chi connectivity index (χ0v) is 17.0. The van der Waals surface area contributed by atoms with Crippen LogP contribution in [0.25, 0.3) is 0 Å². The molecule has 0 spiro atoms. The van der Waals surface area contributed by atoms with E-state index in [-0.39, 0.29) is 17.4 Å². The molecule has 0 aromatic heterocycles. The van der Waals surface area contributed by atoms with Crippen molar-refractivity contribution in [2.45, 2.75) is 39.5 Å². The Morgan fingerprint density at radius 3 is 2.33 bits per heavy atom. The number of ether oxygens (including phenoxy) is 1. The summed E-state index contributed by atoms with van der Waals surface area (Å²) in [7, 11) is -3.77. The molecule has 0 aliphatic carbocycles. The zero-order valence-electron chi connectivity index (χ0n) is 16.1. The highest BCUT2D eigenvalue weighted by atomic mass is 32.2. The Bertz CT molecular complexity index is 1000. The lowest BCUT2D eigenvalue weighted by atomic mass is 9.94. The van der Waals surface area contributed by atoms with Crippen LogP contribution in [0.1, 0.15) is 30.5 Å². The second-order valence-electron chi connectivity index (χ2n) is 7.67. The first kappa shape index (κ1) is 19.2. The van der Waals surface area contributed by atoms with E-state index in [4.69, 9.17) is 4.74 Å². The molecule has 0 atom stereocenters. The summed E-state index contributed by atoms with van der Waals surface area (Å²) in [4.78, 5) is 12.6. The lowest BCUT2D eigenvalue weighted by molar-refractivity contribution is -0.124. The number of hydrogen-bond acceptors (Lipinski definition) is 4. The molecule has 1 aliphatic rings. The van der Waals surface area contributed by atoms with E-state index in [9.17, 15) is 13.2 Å². The third-order valence-electron chi connectivity index (χ3n) is 4.56. The van der Waals surface area contributed by atoms with Crippen molar-refractivity contribution in [1.82, 2.24) is 0 Å². The van der Waals surface area contributed by atoms with Gasteiger partial charge >= 0.3 is 0 Å². The largest absolute Gasteiger partial charge is 0.490 e. The Morgan fingerprint density at radius 2 is 1.70 bits per heavy atom. The van der Waals surface area contributed by atoms with Crippen LogP contribution in [0.5, 0.6) is 5.75 Å². The fourth-order valence-electron chi connectivity index (χ4n) is 3.23. The molecular weight excluding hydrogens is 364 g/mol. The lowest BCUT2D eigenvalue weighted by Gasteiger charge is -2.18. The van der Waals surface area contributed by atoms with Gasteiger partial charge in [-0.2, -0.15) is 0 Å². The van der Waals surface area contributed by atoms with Gasteiger partial charge in [0.25, 0.3) is 10.0 Å². The standard InChI is InChI=1S/C20H24N2O4S/c1-12-8-13(2)18(14(3)9-12)27(24,25)22-15-6-7-17-16(10-15)21-19(23)20(4,5)11-26-17/h6-10,22H,11H2,1-5H3,(H,21,23). The summed E-state index contributed by atoms with van der Waals surface area (Å²) in [5, 5.41) is 2.81. The van der Waals surface area contributed by atoms with E-state index in [1.165, 1.54) is 0 Å². The maximum atomic E-state index is 12.9. The van der Waals surface area contributed by atoms with Gasteiger partial charge in [0.15, 0.2) is 0 Å². The molecule has 1 aliphatic heterocycles. The minimum Gasteiger partial charge on any atom is -0.490 e. The number of aryl methyl sites for hydroxylation is 3. The van der Waals surface area contributed by atoms with Gasteiger partial charge in [-0.05, 0) is 63.9 Å². The summed E-state index contributed by atoms with van der Waals surface area (Å²) >= 11 is 0. The number of nitrogens with one attached hydrogen (secondary N) is 2. The predicted molar refractivity (Wildman–Crippen MR) is 106 cm³/mol. The smallest absolute Gasteiger partial charge is 0.262 e. The number of hydrogen-bond donors (Lipinski definition) is 2. The Morgan fingerprint density at radius 1 is 1.07 bits per heavy atom. The Labute approximate surface area is 160 Å². The van der Waals surface area contributed by atoms with Crippen molar-refractivity contribution < 1.29 is 17.9 Å². The molecule has 0 saturated carbocycles. The van der Waals surface area contributed by atoms with Gasteiger partial charge < -0.3 is 10.1 Å². The molecule has 0 saturated heterocycles. The summed E-state index contributed by atoms with van der Waals surface area (Å²) in [5.74, 6) is 0.339. The average molecular weight is 388 g/mol. The highest BCUT2D eigenvalue weighted by molar-refractivity contribution is 7.92. The van der Waals surface area contributed by atoms with Crippen LogP contribution in [-0.2, 0) is 14.8 Å². The van der Waals surface area contributed by atoms with Crippen molar-refractivity contribution in [2.75, 3.05) is 16.6 Å². The second-order valence-corrected chi connectivity index (χ2v) is 9.29. The molecule has 2 N–H and O–H groups in total. The van der Waals surface area contributed by atoms with Gasteiger partial charge in [0.1, 0.15) is 12.4 Å². The number of sulfonamides is 1. The minimum absolute atomic E-state index is 0.175. The second kappa shape index (κ2) is 6.56. The molecule has 27 heavy (non-hydrogen) atoms. The number of carbonyl (C=O) groups is 1. The summed E-state index contributed by atoms with van der Waals surface area (Å²) in [5.41, 5.74) is 2.52. The van der Waals surface area contributed by atoms with E-state index >= 15 is 0 Å². The summed E-state index contributed by atoms with van der Waals surface area (Å²) < 4.78 is 34.2. The maximum absolute atomic E-state index is 12.9. The molecule has 0 fully saturated rings. The van der Waals surface area contributed by atoms with Crippen LogP contribution in [0.2, 0.25) is 0 Å². The van der Waals surface area contributed by atoms with Crippen molar-refractivity contribution in [1.29, 1.82) is 0 Å². The first-order chi connectivity index (χ1) is 12.5. The Balaban J connectivity index is 1.95. The number of carbonyl (C=O) groups excluding carboxylic acids is 1. The van der Waals surface area contributed by atoms with Crippen molar-refractivity contribution in [3.8, 4) is 5.75 Å². The van der Waals surface area contributed by atoms with Gasteiger partial charge in [0.05, 0.1) is 21.7 Å². The van der Waals surface area contributed by atoms with E-state index in [0.717, 1.165) is 5.56 Å². The number of benzene rings is 2. The zero-order chi connectivity index (χ0) is 20.0. The fraction of sp³-hybridized carbons (Fsp3) is 0.350. The number of fused-ring (bicyclic) bond motifs is 1. The highest BCUT2D eigenvalue weighted by Gasteiger charge is 2.32. The van der Waals surface area contributed by atoms with Crippen LogP contribution in [0.15, 0.2) is 35.2 Å². The van der Waals surface area contributed by atoms with Gasteiger partial charge in [-0.1, -0.05) is 17.7 Å². The molecule has 0 unspecified atom stereocenters. The quantitative estimate of drug-likeness (QED) is 0.838. The molecular formula is C20H24N2O4S. The van der Waals surface area contributed by atoms with Gasteiger partial charge in [-0.15, -0.1) is 0 Å². The van der Waals surface area contributed by atoms with E-state index < -0.39 is 15.4 Å². The topological polar surface area (TPSA) is 84.5 Å². The number of amides is 1. The monoisotopic (exact) mass is 388 g/mol. The molecule has 144 valence electrons. The van der Waals surface area contributed by atoms with E-state index in [0.29, 0.717) is 28.3 Å². The summed E-state index contributed by atoms with van der Waals surface area (Å²) in [6.45, 7) is 9.32. The third-order valence-corrected chi connectivity index (χ3v) is 6.24. The van der Waals surface area contributed by atoms with Crippen LogP contribution in [0.3, 0.4) is 0 Å². The number of anilines is 2. The fourth-order valence-corrected chi connectivity index (χ4v) is 4.73. The van der Waals surface area contributed by atoms with Crippen LogP contribution in [0, 0.1) is 26.2 Å². The summed E-state index contributed by atoms with van der Waals surface area (Å²) in [6.07, 6.45) is 0. The average Bonchev–Trinajstić information content (AvgIpc) is 2.62. The molecule has 2 aromatic carbocycles. The maximum Gasteiger partial charge on any atom is 0.262 e. The molecule has 3 rings (SSSR count). The van der Waals surface area contributed by atoms with E-state index in [1.807, 2.05) is 19.1 Å². The molecule has 1 amide bonds. The minimum atomic E-state index is -3.77. The molecule has 2 aromatic rings. The molecule has 1 heterocycles. The Kier molecular flexibility index (Phi) is 4.67. The van der Waals surface area contributed by atoms with Crippen molar-refractivity contribution in [3.05, 3.63) is 47.0 Å². The van der Waals surface area contributed by atoms with Gasteiger partial charge in [-0.3, -0.25) is 9.52 Å². The SMILES string of the molecule is Cc1cc(C)c(S(=O)(=O)Nc2ccc3c(c2)NC(=O)C(C)(C)CO3)c(C)c1. The third kappa shape index (κ3) is 3.78.